The molecule has 0 heterocycles. The summed E-state index contributed by atoms with van der Waals surface area (Å²) in [4.78, 5) is 12.0. The van der Waals surface area contributed by atoms with Crippen LogP contribution in [0.5, 0.6) is 5.75 Å². The zero-order valence-electron chi connectivity index (χ0n) is 11.0. The van der Waals surface area contributed by atoms with E-state index in [4.69, 9.17) is 10.5 Å². The molecule has 100 valence electrons. The zero-order chi connectivity index (χ0) is 13.5. The van der Waals surface area contributed by atoms with Gasteiger partial charge in [0.2, 0.25) is 0 Å². The number of rotatable bonds is 6. The van der Waals surface area contributed by atoms with Crippen LogP contribution in [-0.4, -0.2) is 30.6 Å². The fourth-order valence-electron chi connectivity index (χ4n) is 1.52. The van der Waals surface area contributed by atoms with Crippen molar-refractivity contribution in [3.63, 3.8) is 0 Å². The zero-order valence-corrected chi connectivity index (χ0v) is 11.8. The van der Waals surface area contributed by atoms with Gasteiger partial charge in [0.15, 0.2) is 0 Å². The molecule has 0 aliphatic carbocycles. The van der Waals surface area contributed by atoms with E-state index in [2.05, 4.69) is 12.2 Å². The number of methoxy groups -OCH3 is 1. The molecule has 1 unspecified atom stereocenters. The molecule has 0 aliphatic rings. The Kier molecular flexibility index (Phi) is 5.85. The summed E-state index contributed by atoms with van der Waals surface area (Å²) < 4.78 is 5.05. The molecule has 0 saturated heterocycles. The van der Waals surface area contributed by atoms with Gasteiger partial charge in [-0.25, -0.2) is 0 Å². The average Bonchev–Trinajstić information content (AvgIpc) is 2.36. The van der Waals surface area contributed by atoms with Crippen LogP contribution in [0.4, 0.5) is 5.69 Å². The van der Waals surface area contributed by atoms with Gasteiger partial charge in [-0.05, 0) is 30.9 Å². The van der Waals surface area contributed by atoms with Crippen LogP contribution in [0.2, 0.25) is 0 Å². The van der Waals surface area contributed by atoms with E-state index < -0.39 is 0 Å². The van der Waals surface area contributed by atoms with Gasteiger partial charge in [-0.2, -0.15) is 11.8 Å². The molecule has 4 nitrogen and oxygen atoms in total. The lowest BCUT2D eigenvalue weighted by molar-refractivity contribution is 0.0944. The van der Waals surface area contributed by atoms with E-state index in [1.807, 2.05) is 6.92 Å². The van der Waals surface area contributed by atoms with Crippen LogP contribution in [0, 0.1) is 0 Å². The number of nitrogens with two attached hydrogens (primary N) is 1. The number of anilines is 1. The Morgan fingerprint density at radius 2 is 2.28 bits per heavy atom. The molecule has 1 atom stereocenters. The highest BCUT2D eigenvalue weighted by Crippen LogP contribution is 2.21. The number of hydrogen-bond donors (Lipinski definition) is 2. The van der Waals surface area contributed by atoms with Crippen LogP contribution in [0.25, 0.3) is 0 Å². The van der Waals surface area contributed by atoms with E-state index in [0.717, 1.165) is 11.5 Å². The number of ether oxygens (including phenoxy) is 1. The third kappa shape index (κ3) is 4.14. The maximum Gasteiger partial charge on any atom is 0.251 e. The molecule has 0 aromatic heterocycles. The number of hydrogen-bond acceptors (Lipinski definition) is 4. The van der Waals surface area contributed by atoms with Gasteiger partial charge in [-0.15, -0.1) is 0 Å². The lowest BCUT2D eigenvalue weighted by atomic mass is 10.1. The third-order valence-electron chi connectivity index (χ3n) is 2.44. The molecule has 0 saturated carbocycles. The molecule has 1 rings (SSSR count). The molecular formula is C13H20N2O2S. The number of carbonyl (C=O) groups excluding carboxylic acids is 1. The van der Waals surface area contributed by atoms with Crippen molar-refractivity contribution in [1.82, 2.24) is 5.32 Å². The number of benzene rings is 1. The Morgan fingerprint density at radius 3 is 2.83 bits per heavy atom. The van der Waals surface area contributed by atoms with Gasteiger partial charge < -0.3 is 15.8 Å². The monoisotopic (exact) mass is 268 g/mol. The van der Waals surface area contributed by atoms with Crippen molar-refractivity contribution in [3.05, 3.63) is 23.8 Å². The number of nitrogen functional groups attached to an aromatic ring is 1. The maximum atomic E-state index is 12.0. The molecule has 18 heavy (non-hydrogen) atoms. The van der Waals surface area contributed by atoms with E-state index in [1.165, 1.54) is 0 Å². The fraction of sp³-hybridized carbons (Fsp3) is 0.462. The van der Waals surface area contributed by atoms with Gasteiger partial charge in [0, 0.05) is 17.4 Å². The highest BCUT2D eigenvalue weighted by Gasteiger charge is 2.11. The van der Waals surface area contributed by atoms with Gasteiger partial charge in [0.1, 0.15) is 5.75 Å². The van der Waals surface area contributed by atoms with Crippen LogP contribution in [0.1, 0.15) is 24.2 Å². The van der Waals surface area contributed by atoms with Crippen molar-refractivity contribution < 1.29 is 9.53 Å². The first-order valence-electron chi connectivity index (χ1n) is 5.90. The molecule has 0 fully saturated rings. The minimum absolute atomic E-state index is 0.103. The molecular weight excluding hydrogens is 248 g/mol. The fourth-order valence-corrected chi connectivity index (χ4v) is 2.19. The minimum Gasteiger partial charge on any atom is -0.495 e. The van der Waals surface area contributed by atoms with E-state index in [1.54, 1.807) is 37.1 Å². The second-order valence-corrected chi connectivity index (χ2v) is 5.31. The van der Waals surface area contributed by atoms with Crippen molar-refractivity contribution in [2.75, 3.05) is 24.3 Å². The molecule has 1 aromatic carbocycles. The highest BCUT2D eigenvalue weighted by atomic mass is 32.2. The smallest absolute Gasteiger partial charge is 0.251 e. The van der Waals surface area contributed by atoms with Crippen molar-refractivity contribution in [2.24, 2.45) is 0 Å². The van der Waals surface area contributed by atoms with E-state index in [0.29, 0.717) is 17.0 Å². The third-order valence-corrected chi connectivity index (χ3v) is 3.59. The molecule has 3 N–H and O–H groups in total. The van der Waals surface area contributed by atoms with Crippen molar-refractivity contribution >= 4 is 23.4 Å². The second-order valence-electron chi connectivity index (χ2n) is 3.99. The highest BCUT2D eigenvalue weighted by molar-refractivity contribution is 7.99. The Hall–Kier alpha value is -1.36. The van der Waals surface area contributed by atoms with E-state index >= 15 is 0 Å². The minimum atomic E-state index is -0.103. The number of carbonyl (C=O) groups is 1. The van der Waals surface area contributed by atoms with Gasteiger partial charge >= 0.3 is 0 Å². The van der Waals surface area contributed by atoms with Crippen LogP contribution in [0.3, 0.4) is 0 Å². The Bertz CT molecular complexity index is 410. The van der Waals surface area contributed by atoms with Gasteiger partial charge in [-0.3, -0.25) is 4.79 Å². The summed E-state index contributed by atoms with van der Waals surface area (Å²) in [5.41, 5.74) is 6.80. The van der Waals surface area contributed by atoms with Crippen molar-refractivity contribution in [2.45, 2.75) is 19.9 Å². The summed E-state index contributed by atoms with van der Waals surface area (Å²) in [7, 11) is 1.55. The van der Waals surface area contributed by atoms with Crippen LogP contribution < -0.4 is 15.8 Å². The summed E-state index contributed by atoms with van der Waals surface area (Å²) in [5, 5.41) is 2.94. The lowest BCUT2D eigenvalue weighted by Crippen LogP contribution is -2.34. The topological polar surface area (TPSA) is 64.3 Å². The maximum absolute atomic E-state index is 12.0. The van der Waals surface area contributed by atoms with Crippen LogP contribution in [0.15, 0.2) is 18.2 Å². The Balaban J connectivity index is 2.64. The second kappa shape index (κ2) is 7.16. The van der Waals surface area contributed by atoms with Crippen LogP contribution in [-0.2, 0) is 0 Å². The van der Waals surface area contributed by atoms with Crippen molar-refractivity contribution in [3.8, 4) is 5.75 Å². The average molecular weight is 268 g/mol. The molecule has 0 bridgehead atoms. The SMILES string of the molecule is CCSCC(C)NC(=O)c1ccc(OC)c(N)c1. The summed E-state index contributed by atoms with van der Waals surface area (Å²) in [6, 6.07) is 5.19. The molecule has 0 aliphatic heterocycles. The van der Waals surface area contributed by atoms with E-state index in [9.17, 15) is 4.79 Å². The largest absolute Gasteiger partial charge is 0.495 e. The van der Waals surface area contributed by atoms with Gasteiger partial charge in [0.05, 0.1) is 12.8 Å². The van der Waals surface area contributed by atoms with E-state index in [-0.39, 0.29) is 11.9 Å². The first-order chi connectivity index (χ1) is 8.58. The predicted molar refractivity (Wildman–Crippen MR) is 77.3 cm³/mol. The Morgan fingerprint density at radius 1 is 1.56 bits per heavy atom. The summed E-state index contributed by atoms with van der Waals surface area (Å²) in [6.45, 7) is 4.09. The molecule has 0 spiro atoms. The Labute approximate surface area is 112 Å². The summed E-state index contributed by atoms with van der Waals surface area (Å²) in [6.07, 6.45) is 0. The molecule has 5 heteroatoms. The molecule has 1 amide bonds. The standard InChI is InChI=1S/C13H20N2O2S/c1-4-18-8-9(2)15-13(16)10-5-6-12(17-3)11(14)7-10/h5-7,9H,4,8,14H2,1-3H3,(H,15,16). The first kappa shape index (κ1) is 14.7. The number of thioether (sulfide) groups is 1. The van der Waals surface area contributed by atoms with Gasteiger partial charge in [-0.1, -0.05) is 6.92 Å². The normalized spacial score (nSPS) is 11.9. The number of amides is 1. The van der Waals surface area contributed by atoms with Crippen molar-refractivity contribution in [1.29, 1.82) is 0 Å². The molecule has 0 radical (unpaired) electrons. The first-order valence-corrected chi connectivity index (χ1v) is 7.06. The van der Waals surface area contributed by atoms with Gasteiger partial charge in [0.25, 0.3) is 5.91 Å². The van der Waals surface area contributed by atoms with Crippen LogP contribution >= 0.6 is 11.8 Å². The quantitative estimate of drug-likeness (QED) is 0.776. The summed E-state index contributed by atoms with van der Waals surface area (Å²) >= 11 is 1.80. The lowest BCUT2D eigenvalue weighted by Gasteiger charge is -2.13. The number of nitrogens with one attached hydrogen (secondary N) is 1. The predicted octanol–water partition coefficient (Wildman–Crippen LogP) is 2.15. The summed E-state index contributed by atoms with van der Waals surface area (Å²) in [5.74, 6) is 2.44. The molecule has 1 aromatic rings.